The van der Waals surface area contributed by atoms with Crippen molar-refractivity contribution in [3.05, 3.63) is 69.7 Å². The first-order valence-corrected chi connectivity index (χ1v) is 10.6. The monoisotopic (exact) mass is 450 g/mol. The van der Waals surface area contributed by atoms with Gasteiger partial charge in [0, 0.05) is 16.5 Å². The molecule has 0 aliphatic carbocycles. The maximum Gasteiger partial charge on any atom is 0.269 e. The number of hydrogen-bond donors (Lipinski definition) is 3. The molecule has 1 amide bonds. The van der Waals surface area contributed by atoms with Crippen LogP contribution in [-0.2, 0) is 0 Å². The van der Waals surface area contributed by atoms with Gasteiger partial charge in [0.15, 0.2) is 17.3 Å². The summed E-state index contributed by atoms with van der Waals surface area (Å²) in [6.45, 7) is 2.00. The Hall–Kier alpha value is -3.85. The Labute approximate surface area is 189 Å². The third kappa shape index (κ3) is 4.02. The van der Waals surface area contributed by atoms with Crippen LogP contribution in [0.1, 0.15) is 20.9 Å². The van der Waals surface area contributed by atoms with E-state index in [1.165, 1.54) is 30.6 Å². The first kappa shape index (κ1) is 21.4. The topological polar surface area (TPSA) is 108 Å². The molecule has 4 rings (SSSR count). The van der Waals surface area contributed by atoms with Gasteiger partial charge in [0.05, 0.1) is 32.0 Å². The minimum absolute atomic E-state index is 0.0209. The van der Waals surface area contributed by atoms with E-state index in [9.17, 15) is 9.90 Å². The molecule has 0 saturated heterocycles. The number of rotatable bonds is 6. The third-order valence-electron chi connectivity index (χ3n) is 5.05. The van der Waals surface area contributed by atoms with E-state index in [0.717, 1.165) is 16.8 Å². The highest BCUT2D eigenvalue weighted by atomic mass is 32.1. The summed E-state index contributed by atoms with van der Waals surface area (Å²) >= 11 is 1.34. The van der Waals surface area contributed by atoms with Crippen molar-refractivity contribution in [2.24, 2.45) is 0 Å². The number of nitrogens with zero attached hydrogens (tertiary/aromatic N) is 2. The van der Waals surface area contributed by atoms with E-state index in [2.05, 4.69) is 10.4 Å². The fraction of sp³-hybridized carbons (Fsp3) is 0.174. The fourth-order valence-electron chi connectivity index (χ4n) is 3.31. The van der Waals surface area contributed by atoms with Gasteiger partial charge in [-0.25, -0.2) is 4.98 Å². The standard InChI is InChI=1S/C23H22N4O4S/c1-13-4-6-14(7-5-13)16-12-32-23(25-16)20-17(28)11-27(21(20)24)26-22(29)15-8-9-18(30-2)19(10-15)31-3/h4-10,12,24,28H,11H2,1-3H3,(H,26,29). The molecule has 3 aromatic rings. The number of aryl methyl sites for hydroxylation is 1. The van der Waals surface area contributed by atoms with Gasteiger partial charge in [-0.05, 0) is 25.1 Å². The van der Waals surface area contributed by atoms with E-state index in [1.54, 1.807) is 18.2 Å². The molecule has 3 N–H and O–H groups in total. The van der Waals surface area contributed by atoms with Gasteiger partial charge >= 0.3 is 0 Å². The van der Waals surface area contributed by atoms with Gasteiger partial charge in [0.1, 0.15) is 10.8 Å². The zero-order valence-corrected chi connectivity index (χ0v) is 18.6. The lowest BCUT2D eigenvalue weighted by Gasteiger charge is -2.19. The molecule has 0 unspecified atom stereocenters. The largest absolute Gasteiger partial charge is 0.509 e. The fourth-order valence-corrected chi connectivity index (χ4v) is 4.21. The van der Waals surface area contributed by atoms with Crippen LogP contribution in [0.5, 0.6) is 11.5 Å². The van der Waals surface area contributed by atoms with Crippen LogP contribution >= 0.6 is 11.3 Å². The van der Waals surface area contributed by atoms with E-state index >= 15 is 0 Å². The Morgan fingerprint density at radius 1 is 1.16 bits per heavy atom. The minimum Gasteiger partial charge on any atom is -0.509 e. The second-order valence-electron chi connectivity index (χ2n) is 7.17. The van der Waals surface area contributed by atoms with Gasteiger partial charge in [-0.1, -0.05) is 29.8 Å². The number of amidine groups is 1. The summed E-state index contributed by atoms with van der Waals surface area (Å²) in [5.74, 6) is 0.440. The molecule has 1 aliphatic heterocycles. The second kappa shape index (κ2) is 8.72. The third-order valence-corrected chi connectivity index (χ3v) is 5.91. The summed E-state index contributed by atoms with van der Waals surface area (Å²) in [5, 5.41) is 22.7. The molecule has 0 bridgehead atoms. The highest BCUT2D eigenvalue weighted by Gasteiger charge is 2.32. The Morgan fingerprint density at radius 2 is 1.88 bits per heavy atom. The normalized spacial score (nSPS) is 13.5. The number of nitrogens with one attached hydrogen (secondary N) is 2. The molecular weight excluding hydrogens is 428 g/mol. The first-order valence-electron chi connectivity index (χ1n) is 9.75. The van der Waals surface area contributed by atoms with Gasteiger partial charge in [-0.3, -0.25) is 20.6 Å². The van der Waals surface area contributed by atoms with Gasteiger partial charge in [0.25, 0.3) is 5.91 Å². The van der Waals surface area contributed by atoms with Crippen LogP contribution in [0.15, 0.2) is 53.6 Å². The zero-order chi connectivity index (χ0) is 22.8. The molecule has 0 radical (unpaired) electrons. The predicted molar refractivity (Wildman–Crippen MR) is 123 cm³/mol. The summed E-state index contributed by atoms with van der Waals surface area (Å²) in [6.07, 6.45) is 0. The number of methoxy groups -OCH3 is 2. The average molecular weight is 451 g/mol. The van der Waals surface area contributed by atoms with Gasteiger partial charge < -0.3 is 14.6 Å². The number of hydrazine groups is 1. The van der Waals surface area contributed by atoms with Crippen molar-refractivity contribution in [3.63, 3.8) is 0 Å². The molecular formula is C23H22N4O4S. The van der Waals surface area contributed by atoms with Crippen molar-refractivity contribution in [2.45, 2.75) is 6.92 Å². The Morgan fingerprint density at radius 3 is 2.56 bits per heavy atom. The summed E-state index contributed by atoms with van der Waals surface area (Å²) in [6, 6.07) is 12.8. The number of ether oxygens (including phenoxy) is 2. The van der Waals surface area contributed by atoms with Crippen molar-refractivity contribution in [2.75, 3.05) is 20.8 Å². The molecule has 1 aliphatic rings. The highest BCUT2D eigenvalue weighted by Crippen LogP contribution is 2.32. The molecule has 0 spiro atoms. The number of benzene rings is 2. The molecule has 2 aromatic carbocycles. The summed E-state index contributed by atoms with van der Waals surface area (Å²) in [4.78, 5) is 17.3. The number of aromatic nitrogens is 1. The molecule has 32 heavy (non-hydrogen) atoms. The maximum absolute atomic E-state index is 12.7. The number of carbonyl (C=O) groups excluding carboxylic acids is 1. The maximum atomic E-state index is 12.7. The lowest BCUT2D eigenvalue weighted by molar-refractivity contribution is 0.0874. The number of hydrogen-bond acceptors (Lipinski definition) is 7. The molecule has 0 fully saturated rings. The number of aliphatic hydroxyl groups excluding tert-OH is 1. The summed E-state index contributed by atoms with van der Waals surface area (Å²) in [5.41, 5.74) is 6.18. The predicted octanol–water partition coefficient (Wildman–Crippen LogP) is 4.04. The molecule has 2 heterocycles. The van der Waals surface area contributed by atoms with Crippen LogP contribution in [0.25, 0.3) is 16.8 Å². The van der Waals surface area contributed by atoms with Gasteiger partial charge in [0.2, 0.25) is 0 Å². The quantitative estimate of drug-likeness (QED) is 0.523. The van der Waals surface area contributed by atoms with Crippen molar-refractivity contribution < 1.29 is 19.4 Å². The van der Waals surface area contributed by atoms with Gasteiger partial charge in [-0.2, -0.15) is 0 Å². The van der Waals surface area contributed by atoms with Crippen molar-refractivity contribution in [1.29, 1.82) is 5.41 Å². The van der Waals surface area contributed by atoms with Crippen LogP contribution < -0.4 is 14.9 Å². The van der Waals surface area contributed by atoms with Crippen molar-refractivity contribution >= 4 is 28.7 Å². The van der Waals surface area contributed by atoms with E-state index in [1.807, 2.05) is 36.6 Å². The van der Waals surface area contributed by atoms with E-state index in [-0.39, 0.29) is 18.1 Å². The molecule has 164 valence electrons. The molecule has 0 atom stereocenters. The smallest absolute Gasteiger partial charge is 0.269 e. The first-order chi connectivity index (χ1) is 15.4. The van der Waals surface area contributed by atoms with Crippen LogP contribution in [0.3, 0.4) is 0 Å². The minimum atomic E-state index is -0.441. The zero-order valence-electron chi connectivity index (χ0n) is 17.8. The van der Waals surface area contributed by atoms with E-state index in [4.69, 9.17) is 14.9 Å². The lowest BCUT2D eigenvalue weighted by atomic mass is 10.1. The van der Waals surface area contributed by atoms with Crippen LogP contribution in [0.2, 0.25) is 0 Å². The van der Waals surface area contributed by atoms with Crippen molar-refractivity contribution in [3.8, 4) is 22.8 Å². The van der Waals surface area contributed by atoms with Crippen LogP contribution in [0.4, 0.5) is 0 Å². The summed E-state index contributed by atoms with van der Waals surface area (Å²) < 4.78 is 10.4. The Bertz CT molecular complexity index is 1220. The second-order valence-corrected chi connectivity index (χ2v) is 8.03. The number of aliphatic hydroxyl groups is 1. The average Bonchev–Trinajstić information content (AvgIpc) is 3.37. The lowest BCUT2D eigenvalue weighted by Crippen LogP contribution is -2.43. The van der Waals surface area contributed by atoms with Crippen molar-refractivity contribution in [1.82, 2.24) is 15.4 Å². The number of amides is 1. The van der Waals surface area contributed by atoms with Crippen LogP contribution in [0, 0.1) is 12.3 Å². The SMILES string of the molecule is COc1ccc(C(=O)NN2CC(O)=C(c3nc(-c4ccc(C)cc4)cs3)C2=N)cc1OC. The molecule has 1 aromatic heterocycles. The Kier molecular flexibility index (Phi) is 5.83. The van der Waals surface area contributed by atoms with Gasteiger partial charge in [-0.15, -0.1) is 11.3 Å². The van der Waals surface area contributed by atoms with E-state index in [0.29, 0.717) is 27.6 Å². The molecule has 9 heteroatoms. The Balaban J connectivity index is 1.50. The number of thiazole rings is 1. The molecule has 8 nitrogen and oxygen atoms in total. The summed E-state index contributed by atoms with van der Waals surface area (Å²) in [7, 11) is 3.00. The van der Waals surface area contributed by atoms with Crippen LogP contribution in [-0.4, -0.2) is 47.6 Å². The highest BCUT2D eigenvalue weighted by molar-refractivity contribution is 7.11. The molecule has 0 saturated carbocycles. The van der Waals surface area contributed by atoms with E-state index < -0.39 is 5.91 Å². The number of carbonyl (C=O) groups is 1.